The zero-order valence-corrected chi connectivity index (χ0v) is 20.3. The second-order valence-electron chi connectivity index (χ2n) is 8.68. The third kappa shape index (κ3) is 4.96. The molecule has 0 radical (unpaired) electrons. The summed E-state index contributed by atoms with van der Waals surface area (Å²) in [6, 6.07) is 8.65. The molecule has 0 spiro atoms. The van der Waals surface area contributed by atoms with Crippen molar-refractivity contribution in [3.05, 3.63) is 29.8 Å². The van der Waals surface area contributed by atoms with Crippen molar-refractivity contribution < 1.29 is 9.53 Å². The van der Waals surface area contributed by atoms with Crippen LogP contribution in [0.15, 0.2) is 29.4 Å². The molecule has 1 aliphatic heterocycles. The predicted octanol–water partition coefficient (Wildman–Crippen LogP) is 4.07. The number of para-hydroxylation sites is 1. The van der Waals surface area contributed by atoms with E-state index >= 15 is 0 Å². The van der Waals surface area contributed by atoms with E-state index in [9.17, 15) is 4.79 Å². The highest BCUT2D eigenvalue weighted by molar-refractivity contribution is 8.00. The molecule has 7 nitrogen and oxygen atoms in total. The van der Waals surface area contributed by atoms with Crippen LogP contribution in [-0.4, -0.2) is 69.7 Å². The van der Waals surface area contributed by atoms with Gasteiger partial charge in [0.25, 0.3) is 0 Å². The number of amides is 1. The summed E-state index contributed by atoms with van der Waals surface area (Å²) in [5.74, 6) is 1.03. The third-order valence-corrected chi connectivity index (χ3v) is 7.57. The number of anilines is 1. The van der Waals surface area contributed by atoms with E-state index in [1.165, 1.54) is 31.0 Å². The van der Waals surface area contributed by atoms with Crippen molar-refractivity contribution in [2.45, 2.75) is 69.3 Å². The van der Waals surface area contributed by atoms with Crippen LogP contribution in [0.3, 0.4) is 0 Å². The summed E-state index contributed by atoms with van der Waals surface area (Å²) in [6.07, 6.45) is 5.98. The van der Waals surface area contributed by atoms with Crippen LogP contribution in [0, 0.1) is 6.92 Å². The Labute approximate surface area is 195 Å². The van der Waals surface area contributed by atoms with E-state index in [1.807, 2.05) is 19.1 Å². The van der Waals surface area contributed by atoms with E-state index in [0.717, 1.165) is 54.8 Å². The van der Waals surface area contributed by atoms with Gasteiger partial charge >= 0.3 is 0 Å². The van der Waals surface area contributed by atoms with Gasteiger partial charge in [-0.3, -0.25) is 9.36 Å². The minimum atomic E-state index is -0.221. The Morgan fingerprint density at radius 3 is 2.59 bits per heavy atom. The number of nitrogens with zero attached hydrogens (tertiary/aromatic N) is 5. The summed E-state index contributed by atoms with van der Waals surface area (Å²) in [6.45, 7) is 9.90. The lowest BCUT2D eigenvalue weighted by Gasteiger charge is -2.35. The number of benzene rings is 1. The highest BCUT2D eigenvalue weighted by atomic mass is 32.2. The Kier molecular flexibility index (Phi) is 7.73. The molecule has 1 saturated carbocycles. The van der Waals surface area contributed by atoms with Gasteiger partial charge in [0.05, 0.1) is 24.2 Å². The van der Waals surface area contributed by atoms with Crippen molar-refractivity contribution in [3.8, 4) is 5.69 Å². The van der Waals surface area contributed by atoms with E-state index in [1.54, 1.807) is 0 Å². The molecule has 1 atom stereocenters. The lowest BCUT2D eigenvalue weighted by atomic mass is 9.94. The fourth-order valence-corrected chi connectivity index (χ4v) is 5.69. The largest absolute Gasteiger partial charge is 0.378 e. The molecular weight excluding hydrogens is 422 g/mol. The van der Waals surface area contributed by atoms with Crippen molar-refractivity contribution in [1.82, 2.24) is 19.7 Å². The lowest BCUT2D eigenvalue weighted by Crippen LogP contribution is -2.44. The van der Waals surface area contributed by atoms with E-state index in [2.05, 4.69) is 50.5 Å². The molecule has 1 amide bonds. The zero-order chi connectivity index (χ0) is 22.5. The molecule has 2 heterocycles. The van der Waals surface area contributed by atoms with Gasteiger partial charge in [0.1, 0.15) is 0 Å². The molecular formula is C24H35N5O2S. The minimum absolute atomic E-state index is 0.205. The van der Waals surface area contributed by atoms with E-state index in [-0.39, 0.29) is 11.2 Å². The standard InChI is InChI=1S/C24H35N5O2S/c1-4-28(20-11-6-5-7-12-20)22(30)19(3)32-24-26-25-23(27-14-16-31-17-15-27)29(24)21-13-9-8-10-18(21)2/h8-10,13,19-20H,4-7,11-12,14-17H2,1-3H3. The topological polar surface area (TPSA) is 63.5 Å². The van der Waals surface area contributed by atoms with Crippen molar-refractivity contribution in [3.63, 3.8) is 0 Å². The average Bonchev–Trinajstić information content (AvgIpc) is 3.24. The van der Waals surface area contributed by atoms with Gasteiger partial charge in [-0.25, -0.2) is 0 Å². The van der Waals surface area contributed by atoms with Crippen molar-refractivity contribution >= 4 is 23.6 Å². The van der Waals surface area contributed by atoms with Crippen LogP contribution in [0.25, 0.3) is 5.69 Å². The highest BCUT2D eigenvalue weighted by Crippen LogP contribution is 2.32. The number of morpholine rings is 1. The van der Waals surface area contributed by atoms with Gasteiger partial charge in [0.2, 0.25) is 11.9 Å². The molecule has 1 aromatic heterocycles. The number of aryl methyl sites for hydroxylation is 1. The molecule has 1 saturated heterocycles. The molecule has 1 aromatic carbocycles. The molecule has 1 unspecified atom stereocenters. The summed E-state index contributed by atoms with van der Waals surface area (Å²) in [5, 5.41) is 9.66. The van der Waals surface area contributed by atoms with Crippen LogP contribution in [0.5, 0.6) is 0 Å². The van der Waals surface area contributed by atoms with Crippen LogP contribution in [0.2, 0.25) is 0 Å². The van der Waals surface area contributed by atoms with Crippen LogP contribution >= 0.6 is 11.8 Å². The first-order chi connectivity index (χ1) is 15.6. The van der Waals surface area contributed by atoms with Gasteiger partial charge in [0.15, 0.2) is 5.16 Å². The Morgan fingerprint density at radius 2 is 1.91 bits per heavy atom. The highest BCUT2D eigenvalue weighted by Gasteiger charge is 2.30. The van der Waals surface area contributed by atoms with E-state index in [4.69, 9.17) is 4.74 Å². The first-order valence-electron chi connectivity index (χ1n) is 11.9. The number of rotatable bonds is 7. The summed E-state index contributed by atoms with van der Waals surface area (Å²) in [4.78, 5) is 17.7. The summed E-state index contributed by atoms with van der Waals surface area (Å²) >= 11 is 1.51. The normalized spacial score (nSPS) is 18.5. The fraction of sp³-hybridized carbons (Fsp3) is 0.625. The average molecular weight is 458 g/mol. The minimum Gasteiger partial charge on any atom is -0.378 e. The number of ether oxygens (including phenoxy) is 1. The number of thioether (sulfide) groups is 1. The first-order valence-corrected chi connectivity index (χ1v) is 12.8. The molecule has 0 bridgehead atoms. The second-order valence-corrected chi connectivity index (χ2v) is 9.99. The van der Waals surface area contributed by atoms with Crippen LogP contribution in [0.4, 0.5) is 5.95 Å². The summed E-state index contributed by atoms with van der Waals surface area (Å²) in [7, 11) is 0. The Hall–Kier alpha value is -2.06. The lowest BCUT2D eigenvalue weighted by molar-refractivity contribution is -0.133. The molecule has 1 aliphatic carbocycles. The van der Waals surface area contributed by atoms with Gasteiger partial charge in [-0.2, -0.15) is 0 Å². The molecule has 4 rings (SSSR count). The summed E-state index contributed by atoms with van der Waals surface area (Å²) < 4.78 is 7.65. The SMILES string of the molecule is CCN(C(=O)C(C)Sc1nnc(N2CCOCC2)n1-c1ccccc1C)C1CCCCC1. The number of carbonyl (C=O) groups excluding carboxylic acids is 1. The maximum atomic E-state index is 13.4. The maximum absolute atomic E-state index is 13.4. The number of hydrogen-bond acceptors (Lipinski definition) is 6. The third-order valence-electron chi connectivity index (χ3n) is 6.54. The molecule has 2 fully saturated rings. The second kappa shape index (κ2) is 10.7. The molecule has 174 valence electrons. The maximum Gasteiger partial charge on any atom is 0.236 e. The first kappa shape index (κ1) is 23.1. The Morgan fingerprint density at radius 1 is 1.19 bits per heavy atom. The van der Waals surface area contributed by atoms with Gasteiger partial charge in [0, 0.05) is 25.7 Å². The molecule has 2 aliphatic rings. The van der Waals surface area contributed by atoms with E-state index in [0.29, 0.717) is 19.3 Å². The molecule has 32 heavy (non-hydrogen) atoms. The van der Waals surface area contributed by atoms with Gasteiger partial charge in [-0.1, -0.05) is 49.2 Å². The Balaban J connectivity index is 1.60. The molecule has 0 N–H and O–H groups in total. The van der Waals surface area contributed by atoms with Gasteiger partial charge in [-0.15, -0.1) is 10.2 Å². The number of hydrogen-bond donors (Lipinski definition) is 0. The number of carbonyl (C=O) groups is 1. The predicted molar refractivity (Wildman–Crippen MR) is 129 cm³/mol. The smallest absolute Gasteiger partial charge is 0.236 e. The summed E-state index contributed by atoms with van der Waals surface area (Å²) in [5.41, 5.74) is 2.21. The van der Waals surface area contributed by atoms with Gasteiger partial charge < -0.3 is 14.5 Å². The zero-order valence-electron chi connectivity index (χ0n) is 19.5. The molecule has 2 aromatic rings. The fourth-order valence-electron chi connectivity index (χ4n) is 4.76. The van der Waals surface area contributed by atoms with Crippen LogP contribution in [-0.2, 0) is 9.53 Å². The number of aromatic nitrogens is 3. The quantitative estimate of drug-likeness (QED) is 0.584. The molecule has 8 heteroatoms. The van der Waals surface area contributed by atoms with Crippen LogP contribution < -0.4 is 4.90 Å². The van der Waals surface area contributed by atoms with Gasteiger partial charge in [-0.05, 0) is 45.2 Å². The van der Waals surface area contributed by atoms with E-state index < -0.39 is 0 Å². The van der Waals surface area contributed by atoms with Crippen LogP contribution in [0.1, 0.15) is 51.5 Å². The van der Waals surface area contributed by atoms with Crippen molar-refractivity contribution in [2.75, 3.05) is 37.7 Å². The van der Waals surface area contributed by atoms with Crippen molar-refractivity contribution in [1.29, 1.82) is 0 Å². The monoisotopic (exact) mass is 457 g/mol. The Bertz CT molecular complexity index is 906. The van der Waals surface area contributed by atoms with Crippen molar-refractivity contribution in [2.24, 2.45) is 0 Å².